The zero-order valence-corrected chi connectivity index (χ0v) is 23.6. The smallest absolute Gasteiger partial charge is 0.330 e. The van der Waals surface area contributed by atoms with Crippen molar-refractivity contribution >= 4 is 35.3 Å². The molecule has 2 rings (SSSR count). The second-order valence-electron chi connectivity index (χ2n) is 9.74. The van der Waals surface area contributed by atoms with Gasteiger partial charge in [0.25, 0.3) is 0 Å². The van der Waals surface area contributed by atoms with Crippen molar-refractivity contribution in [3.05, 3.63) is 35.5 Å². The number of Topliss-reactive ketones (excluding diaryl/α,β-unsaturated/α-hetero) is 1. The van der Waals surface area contributed by atoms with Crippen molar-refractivity contribution in [1.82, 2.24) is 15.5 Å². The van der Waals surface area contributed by atoms with E-state index in [4.69, 9.17) is 9.47 Å². The Hall–Kier alpha value is -3.05. The monoisotopic (exact) mass is 549 g/mol. The Balaban J connectivity index is 2.03. The fourth-order valence-corrected chi connectivity index (χ4v) is 5.34. The number of nitrogens with one attached hydrogen (secondary N) is 2. The highest BCUT2D eigenvalue weighted by Gasteiger charge is 2.27. The number of carboxylic acids is 1. The number of hydrogen-bond acceptors (Lipinski definition) is 8. The van der Waals surface area contributed by atoms with Gasteiger partial charge in [-0.05, 0) is 62.2 Å². The first-order valence-corrected chi connectivity index (χ1v) is 13.7. The first kappa shape index (κ1) is 31.2. The number of thioether (sulfide) groups is 1. The topological polar surface area (TPSA) is 134 Å². The van der Waals surface area contributed by atoms with Crippen molar-refractivity contribution in [1.29, 1.82) is 0 Å². The number of likely N-dealkylation sites (tertiary alicyclic amines) is 1. The Labute approximate surface area is 228 Å². The zero-order valence-electron chi connectivity index (χ0n) is 22.7. The third kappa shape index (κ3) is 10.0. The molecule has 1 aromatic rings. The lowest BCUT2D eigenvalue weighted by molar-refractivity contribution is -0.132. The van der Waals surface area contributed by atoms with Crippen LogP contribution in [0.25, 0.3) is 0 Å². The van der Waals surface area contributed by atoms with E-state index >= 15 is 0 Å². The van der Waals surface area contributed by atoms with Crippen LogP contribution in [0.15, 0.2) is 30.0 Å². The molecule has 10 nitrogen and oxygen atoms in total. The van der Waals surface area contributed by atoms with Crippen LogP contribution >= 0.6 is 11.8 Å². The lowest BCUT2D eigenvalue weighted by atomic mass is 10.0. The van der Waals surface area contributed by atoms with Crippen LogP contribution in [0.4, 0.5) is 0 Å². The van der Waals surface area contributed by atoms with Gasteiger partial charge in [-0.15, -0.1) is 0 Å². The number of hydrogen-bond donors (Lipinski definition) is 3. The maximum Gasteiger partial charge on any atom is 0.330 e. The van der Waals surface area contributed by atoms with Gasteiger partial charge in [-0.1, -0.05) is 13.8 Å². The number of piperidine rings is 1. The van der Waals surface area contributed by atoms with Crippen LogP contribution in [0.1, 0.15) is 32.3 Å². The first-order valence-electron chi connectivity index (χ1n) is 12.6. The summed E-state index contributed by atoms with van der Waals surface area (Å²) < 4.78 is 10.5. The normalized spacial score (nSPS) is 17.0. The van der Waals surface area contributed by atoms with Crippen molar-refractivity contribution in [2.24, 2.45) is 11.8 Å². The van der Waals surface area contributed by atoms with Gasteiger partial charge in [-0.3, -0.25) is 14.4 Å². The van der Waals surface area contributed by atoms with E-state index in [-0.39, 0.29) is 23.8 Å². The molecule has 38 heavy (non-hydrogen) atoms. The average Bonchev–Trinajstić information content (AvgIpc) is 2.86. The summed E-state index contributed by atoms with van der Waals surface area (Å²) in [5.74, 6) is -0.895. The van der Waals surface area contributed by atoms with Crippen molar-refractivity contribution in [2.75, 3.05) is 45.9 Å². The molecule has 3 N–H and O–H groups in total. The number of amides is 2. The molecule has 0 bridgehead atoms. The maximum atomic E-state index is 13.1. The molecule has 1 aliphatic heterocycles. The van der Waals surface area contributed by atoms with Crippen LogP contribution in [0.2, 0.25) is 0 Å². The van der Waals surface area contributed by atoms with Crippen molar-refractivity contribution in [3.63, 3.8) is 0 Å². The Morgan fingerprint density at radius 2 is 1.95 bits per heavy atom. The molecule has 1 heterocycles. The Kier molecular flexibility index (Phi) is 12.6. The lowest BCUT2D eigenvalue weighted by Crippen LogP contribution is -2.50. The van der Waals surface area contributed by atoms with E-state index in [9.17, 15) is 24.3 Å². The summed E-state index contributed by atoms with van der Waals surface area (Å²) in [6, 6.07) is 4.09. The number of carbonyl (C=O) groups is 4. The van der Waals surface area contributed by atoms with Gasteiger partial charge in [-0.2, -0.15) is 11.8 Å². The van der Waals surface area contributed by atoms with Gasteiger partial charge in [0.2, 0.25) is 11.8 Å². The van der Waals surface area contributed by atoms with Crippen molar-refractivity contribution < 1.29 is 33.8 Å². The molecule has 11 heteroatoms. The number of methoxy groups -OCH3 is 2. The lowest BCUT2D eigenvalue weighted by Gasteiger charge is -2.29. The van der Waals surface area contributed by atoms with Gasteiger partial charge in [0.15, 0.2) is 5.78 Å². The minimum Gasteiger partial charge on any atom is -0.497 e. The molecule has 0 spiro atoms. The molecular formula is C27H39N3O7S. The predicted molar refractivity (Wildman–Crippen MR) is 146 cm³/mol. The summed E-state index contributed by atoms with van der Waals surface area (Å²) in [7, 11) is 5.08. The van der Waals surface area contributed by atoms with Crippen molar-refractivity contribution in [3.8, 4) is 11.5 Å². The van der Waals surface area contributed by atoms with Crippen LogP contribution in [0.5, 0.6) is 11.5 Å². The van der Waals surface area contributed by atoms with Crippen LogP contribution in [-0.4, -0.2) is 85.5 Å². The summed E-state index contributed by atoms with van der Waals surface area (Å²) in [5.41, 5.74) is 0.278. The van der Waals surface area contributed by atoms with Crippen LogP contribution in [0.3, 0.4) is 0 Å². The number of ketones is 1. The van der Waals surface area contributed by atoms with E-state index in [1.54, 1.807) is 32.0 Å². The standard InChI is InChI=1S/C27H39N3O7S/c1-17(2)26(29-24(32)12-19-11-20(36-4)8-9-23(19)37-5)27(35)28-21(13-25(33)34)22(31)16-38-15-18-7-6-10-30(3)14-18/h8-9,11,13,17-18,26H,6-7,10,12,14-16H2,1-5H3,(H,28,35)(H,29,32)(H,33,34)/t18?,26-/m0/s1. The number of benzene rings is 1. The minimum atomic E-state index is -1.34. The molecule has 0 aliphatic carbocycles. The van der Waals surface area contributed by atoms with Gasteiger partial charge in [0, 0.05) is 12.1 Å². The van der Waals surface area contributed by atoms with Crippen molar-refractivity contribution in [2.45, 2.75) is 39.2 Å². The predicted octanol–water partition coefficient (Wildman–Crippen LogP) is 2.12. The van der Waals surface area contributed by atoms with E-state index in [1.165, 1.54) is 26.0 Å². The summed E-state index contributed by atoms with van der Waals surface area (Å²) in [6.07, 6.45) is 2.84. The van der Waals surface area contributed by atoms with E-state index in [1.807, 2.05) is 0 Å². The van der Waals surface area contributed by atoms with E-state index < -0.39 is 29.6 Å². The molecule has 2 amide bonds. The second kappa shape index (κ2) is 15.4. The van der Waals surface area contributed by atoms with Gasteiger partial charge >= 0.3 is 5.97 Å². The highest BCUT2D eigenvalue weighted by molar-refractivity contribution is 7.99. The molecule has 0 saturated carbocycles. The summed E-state index contributed by atoms with van der Waals surface area (Å²) >= 11 is 1.43. The van der Waals surface area contributed by atoms with E-state index in [0.717, 1.165) is 31.7 Å². The number of allylic oxidation sites excluding steroid dienone is 1. The molecule has 0 aromatic heterocycles. The molecule has 1 unspecified atom stereocenters. The van der Waals surface area contributed by atoms with Gasteiger partial charge < -0.3 is 30.1 Å². The maximum absolute atomic E-state index is 13.1. The number of carboxylic acid groups (broad SMARTS) is 1. The van der Waals surface area contributed by atoms with E-state index in [2.05, 4.69) is 22.6 Å². The zero-order chi connectivity index (χ0) is 28.2. The number of carbonyl (C=O) groups excluding carboxylic acids is 3. The Morgan fingerprint density at radius 1 is 1.21 bits per heavy atom. The molecular weight excluding hydrogens is 510 g/mol. The highest BCUT2D eigenvalue weighted by atomic mass is 32.2. The highest BCUT2D eigenvalue weighted by Crippen LogP contribution is 2.24. The van der Waals surface area contributed by atoms with E-state index in [0.29, 0.717) is 29.1 Å². The van der Waals surface area contributed by atoms with Gasteiger partial charge in [0.1, 0.15) is 17.5 Å². The second-order valence-corrected chi connectivity index (χ2v) is 10.8. The first-order chi connectivity index (χ1) is 18.0. The quantitative estimate of drug-likeness (QED) is 0.298. The number of nitrogens with zero attached hydrogens (tertiary/aromatic N) is 1. The molecule has 1 aliphatic rings. The summed E-state index contributed by atoms with van der Waals surface area (Å²) in [6.45, 7) is 5.53. The summed E-state index contributed by atoms with van der Waals surface area (Å²) in [4.78, 5) is 52.4. The SMILES string of the molecule is COc1ccc(OC)c(CC(=O)N[C@H](C(=O)NC(=CC(=O)O)C(=O)CSCC2CCCN(C)C2)C(C)C)c1. The molecule has 1 fully saturated rings. The Morgan fingerprint density at radius 3 is 2.55 bits per heavy atom. The third-order valence-electron chi connectivity index (χ3n) is 6.24. The number of rotatable bonds is 14. The molecule has 2 atom stereocenters. The number of ether oxygens (including phenoxy) is 2. The van der Waals surface area contributed by atoms with Gasteiger partial charge in [0.05, 0.1) is 38.2 Å². The molecule has 0 radical (unpaired) electrons. The van der Waals surface area contributed by atoms with Crippen LogP contribution in [0, 0.1) is 11.8 Å². The fourth-order valence-electron chi connectivity index (χ4n) is 4.28. The minimum absolute atomic E-state index is 0.0496. The summed E-state index contributed by atoms with van der Waals surface area (Å²) in [5, 5.41) is 14.4. The fraction of sp³-hybridized carbons (Fsp3) is 0.556. The van der Waals surface area contributed by atoms with Gasteiger partial charge in [-0.25, -0.2) is 4.79 Å². The Bertz CT molecular complexity index is 1030. The van der Waals surface area contributed by atoms with Crippen LogP contribution < -0.4 is 20.1 Å². The average molecular weight is 550 g/mol. The molecule has 1 aromatic carbocycles. The number of aliphatic carboxylic acids is 1. The molecule has 1 saturated heterocycles. The third-order valence-corrected chi connectivity index (χ3v) is 7.41. The van der Waals surface area contributed by atoms with Crippen LogP contribution in [-0.2, 0) is 25.6 Å². The molecule has 210 valence electrons. The largest absolute Gasteiger partial charge is 0.497 e.